The van der Waals surface area contributed by atoms with Gasteiger partial charge in [-0.3, -0.25) is 4.79 Å². The average Bonchev–Trinajstić information content (AvgIpc) is 2.82. The standard InChI is InChI=1S/C12H15N3O4S/c1-3-12(2,11(16)17)15-20(18,19)9-7-14-10-8(9)5-4-6-13-10/h4-7,15H,3H2,1-2H3,(H,13,14)(H,16,17). The van der Waals surface area contributed by atoms with Crippen molar-refractivity contribution in [3.05, 3.63) is 24.5 Å². The van der Waals surface area contributed by atoms with Gasteiger partial charge in [0.2, 0.25) is 10.0 Å². The third kappa shape index (κ3) is 2.39. The van der Waals surface area contributed by atoms with E-state index in [-0.39, 0.29) is 11.3 Å². The van der Waals surface area contributed by atoms with Gasteiger partial charge in [-0.25, -0.2) is 13.4 Å². The maximum absolute atomic E-state index is 12.4. The van der Waals surface area contributed by atoms with Gasteiger partial charge in [-0.15, -0.1) is 0 Å². The smallest absolute Gasteiger partial charge is 0.324 e. The topological polar surface area (TPSA) is 112 Å². The first-order chi connectivity index (χ1) is 9.30. The molecule has 3 N–H and O–H groups in total. The van der Waals surface area contributed by atoms with Gasteiger partial charge in [-0.1, -0.05) is 6.92 Å². The van der Waals surface area contributed by atoms with Crippen molar-refractivity contribution in [3.8, 4) is 0 Å². The number of aliphatic carboxylic acids is 1. The molecule has 1 unspecified atom stereocenters. The van der Waals surface area contributed by atoms with Gasteiger partial charge in [0.1, 0.15) is 16.1 Å². The molecule has 0 aliphatic heterocycles. The number of carboxylic acid groups (broad SMARTS) is 1. The number of fused-ring (bicyclic) bond motifs is 1. The molecule has 0 aliphatic rings. The molecular formula is C12H15N3O4S. The SMILES string of the molecule is CCC(C)(NS(=O)(=O)c1c[nH]c2ncccc12)C(=O)O. The van der Waals surface area contributed by atoms with Gasteiger partial charge in [-0.05, 0) is 25.5 Å². The van der Waals surface area contributed by atoms with Gasteiger partial charge in [0.15, 0.2) is 0 Å². The summed E-state index contributed by atoms with van der Waals surface area (Å²) in [6, 6.07) is 3.23. The van der Waals surface area contributed by atoms with Crippen molar-refractivity contribution in [2.45, 2.75) is 30.7 Å². The van der Waals surface area contributed by atoms with Crippen molar-refractivity contribution in [1.82, 2.24) is 14.7 Å². The molecule has 108 valence electrons. The number of nitrogens with one attached hydrogen (secondary N) is 2. The zero-order chi connectivity index (χ0) is 15.0. The minimum absolute atomic E-state index is 0.0125. The van der Waals surface area contributed by atoms with E-state index in [0.29, 0.717) is 11.0 Å². The highest BCUT2D eigenvalue weighted by atomic mass is 32.2. The van der Waals surface area contributed by atoms with Gasteiger partial charge in [0, 0.05) is 17.8 Å². The van der Waals surface area contributed by atoms with E-state index in [0.717, 1.165) is 0 Å². The highest BCUT2D eigenvalue weighted by molar-refractivity contribution is 7.89. The van der Waals surface area contributed by atoms with Crippen LogP contribution in [0.2, 0.25) is 0 Å². The average molecular weight is 297 g/mol. The Labute approximate surface area is 116 Å². The molecule has 2 heterocycles. The van der Waals surface area contributed by atoms with Crippen LogP contribution in [0.4, 0.5) is 0 Å². The first-order valence-electron chi connectivity index (χ1n) is 5.99. The molecule has 0 radical (unpaired) electrons. The molecule has 2 aromatic rings. The Morgan fingerprint density at radius 1 is 1.55 bits per heavy atom. The Kier molecular flexibility index (Phi) is 3.53. The van der Waals surface area contributed by atoms with E-state index < -0.39 is 21.5 Å². The van der Waals surface area contributed by atoms with Crippen LogP contribution in [-0.4, -0.2) is 35.0 Å². The molecule has 0 saturated heterocycles. The summed E-state index contributed by atoms with van der Waals surface area (Å²) < 4.78 is 27.0. The lowest BCUT2D eigenvalue weighted by atomic mass is 10.0. The number of sulfonamides is 1. The van der Waals surface area contributed by atoms with Crippen molar-refractivity contribution >= 4 is 27.0 Å². The predicted octanol–water partition coefficient (Wildman–Crippen LogP) is 1.09. The fraction of sp³-hybridized carbons (Fsp3) is 0.333. The van der Waals surface area contributed by atoms with Crippen LogP contribution < -0.4 is 4.72 Å². The highest BCUT2D eigenvalue weighted by Gasteiger charge is 2.37. The van der Waals surface area contributed by atoms with E-state index in [2.05, 4.69) is 14.7 Å². The van der Waals surface area contributed by atoms with Crippen LogP contribution in [0.1, 0.15) is 20.3 Å². The molecule has 2 rings (SSSR count). The summed E-state index contributed by atoms with van der Waals surface area (Å²) in [4.78, 5) is 18.0. The summed E-state index contributed by atoms with van der Waals surface area (Å²) in [6.07, 6.45) is 2.97. The quantitative estimate of drug-likeness (QED) is 0.765. The van der Waals surface area contributed by atoms with E-state index in [4.69, 9.17) is 5.11 Å². The number of H-pyrrole nitrogens is 1. The van der Waals surface area contributed by atoms with Crippen molar-refractivity contribution in [2.75, 3.05) is 0 Å². The largest absolute Gasteiger partial charge is 0.480 e. The van der Waals surface area contributed by atoms with Crippen molar-refractivity contribution in [1.29, 1.82) is 0 Å². The lowest BCUT2D eigenvalue weighted by molar-refractivity contribution is -0.143. The Morgan fingerprint density at radius 2 is 2.25 bits per heavy atom. The van der Waals surface area contributed by atoms with E-state index in [9.17, 15) is 13.2 Å². The summed E-state index contributed by atoms with van der Waals surface area (Å²) in [5.74, 6) is -1.22. The minimum atomic E-state index is -3.96. The number of rotatable bonds is 5. The van der Waals surface area contributed by atoms with Crippen LogP contribution in [0, 0.1) is 0 Å². The second-order valence-corrected chi connectivity index (χ2v) is 6.30. The monoisotopic (exact) mass is 297 g/mol. The van der Waals surface area contributed by atoms with Crippen LogP contribution in [0.5, 0.6) is 0 Å². The first kappa shape index (κ1) is 14.5. The maximum atomic E-state index is 12.4. The number of hydrogen-bond donors (Lipinski definition) is 3. The lowest BCUT2D eigenvalue weighted by Crippen LogP contribution is -2.51. The van der Waals surface area contributed by atoms with Gasteiger partial charge in [0.25, 0.3) is 0 Å². The number of carbonyl (C=O) groups is 1. The molecule has 8 heteroatoms. The third-order valence-electron chi connectivity index (χ3n) is 3.24. The first-order valence-corrected chi connectivity index (χ1v) is 7.48. The van der Waals surface area contributed by atoms with Gasteiger partial charge in [0.05, 0.1) is 0 Å². The Bertz CT molecular complexity index is 753. The van der Waals surface area contributed by atoms with Crippen LogP contribution >= 0.6 is 0 Å². The van der Waals surface area contributed by atoms with Crippen molar-refractivity contribution in [3.63, 3.8) is 0 Å². The maximum Gasteiger partial charge on any atom is 0.324 e. The molecule has 1 atom stereocenters. The Hall–Kier alpha value is -1.93. The van der Waals surface area contributed by atoms with Crippen LogP contribution in [0.3, 0.4) is 0 Å². The van der Waals surface area contributed by atoms with Crippen molar-refractivity contribution < 1.29 is 18.3 Å². The number of aromatic amines is 1. The number of nitrogens with zero attached hydrogens (tertiary/aromatic N) is 1. The second kappa shape index (κ2) is 4.88. The fourth-order valence-corrected chi connectivity index (χ4v) is 3.37. The van der Waals surface area contributed by atoms with Gasteiger partial charge < -0.3 is 10.1 Å². The lowest BCUT2D eigenvalue weighted by Gasteiger charge is -2.24. The number of hydrogen-bond acceptors (Lipinski definition) is 4. The van der Waals surface area contributed by atoms with Crippen LogP contribution in [0.25, 0.3) is 11.0 Å². The van der Waals surface area contributed by atoms with E-state index >= 15 is 0 Å². The molecule has 0 aliphatic carbocycles. The van der Waals surface area contributed by atoms with Gasteiger partial charge >= 0.3 is 5.97 Å². The minimum Gasteiger partial charge on any atom is -0.480 e. The molecule has 0 bridgehead atoms. The van der Waals surface area contributed by atoms with Crippen LogP contribution in [0.15, 0.2) is 29.4 Å². The molecule has 0 aromatic carbocycles. The number of aromatic nitrogens is 2. The van der Waals surface area contributed by atoms with E-state index in [1.807, 2.05) is 0 Å². The predicted molar refractivity (Wildman–Crippen MR) is 72.7 cm³/mol. The number of carboxylic acids is 1. The summed E-state index contributed by atoms with van der Waals surface area (Å²) >= 11 is 0. The van der Waals surface area contributed by atoms with Crippen molar-refractivity contribution in [2.24, 2.45) is 0 Å². The summed E-state index contributed by atoms with van der Waals surface area (Å²) in [6.45, 7) is 2.94. The molecule has 0 amide bonds. The summed E-state index contributed by atoms with van der Waals surface area (Å²) in [7, 11) is -3.96. The summed E-state index contributed by atoms with van der Waals surface area (Å²) in [5.41, 5.74) is -1.12. The Morgan fingerprint density at radius 3 is 2.85 bits per heavy atom. The highest BCUT2D eigenvalue weighted by Crippen LogP contribution is 2.23. The molecule has 0 fully saturated rings. The zero-order valence-corrected chi connectivity index (χ0v) is 11.9. The second-order valence-electron chi connectivity index (χ2n) is 4.65. The molecular weight excluding hydrogens is 282 g/mol. The number of pyridine rings is 1. The van der Waals surface area contributed by atoms with Crippen LogP contribution in [-0.2, 0) is 14.8 Å². The molecule has 20 heavy (non-hydrogen) atoms. The molecule has 7 nitrogen and oxygen atoms in total. The normalized spacial score (nSPS) is 15.1. The molecule has 2 aromatic heterocycles. The zero-order valence-electron chi connectivity index (χ0n) is 11.0. The molecule has 0 saturated carbocycles. The Balaban J connectivity index is 2.48. The summed E-state index contributed by atoms with van der Waals surface area (Å²) in [5, 5.41) is 9.58. The fourth-order valence-electron chi connectivity index (χ4n) is 1.77. The van der Waals surface area contributed by atoms with E-state index in [1.165, 1.54) is 19.3 Å². The third-order valence-corrected chi connectivity index (χ3v) is 4.88. The molecule has 0 spiro atoms. The van der Waals surface area contributed by atoms with Gasteiger partial charge in [-0.2, -0.15) is 4.72 Å². The van der Waals surface area contributed by atoms with E-state index in [1.54, 1.807) is 19.1 Å².